The number of aromatic nitrogens is 5. The predicted molar refractivity (Wildman–Crippen MR) is 125 cm³/mol. The molecule has 9 nitrogen and oxygen atoms in total. The van der Waals surface area contributed by atoms with Crippen LogP contribution in [0, 0.1) is 5.41 Å². The van der Waals surface area contributed by atoms with Crippen LogP contribution in [0.2, 0.25) is 0 Å². The SMILES string of the molecule is COc1ncnc(-c2ccc(-c3ccc(N(C)[C@H]4[C@@H](F)[C@]5(C)CC[C@@]4(C)CN5)nn3)c(O)c2)n1. The first-order valence-corrected chi connectivity index (χ1v) is 11.3. The molecule has 0 unspecified atom stereocenters. The maximum atomic E-state index is 15.5. The lowest BCUT2D eigenvalue weighted by atomic mass is 9.60. The number of hydrogen-bond donors (Lipinski definition) is 2. The molecule has 3 aromatic rings. The molecule has 10 heteroatoms. The smallest absolute Gasteiger partial charge is 0.319 e. The van der Waals surface area contributed by atoms with Crippen LogP contribution in [0.5, 0.6) is 11.8 Å². The average molecular weight is 466 g/mol. The first-order valence-electron chi connectivity index (χ1n) is 11.3. The third-order valence-corrected chi connectivity index (χ3v) is 7.40. The Hall–Kier alpha value is -3.40. The molecule has 0 amide bonds. The summed E-state index contributed by atoms with van der Waals surface area (Å²) < 4.78 is 20.6. The van der Waals surface area contributed by atoms with E-state index in [0.29, 0.717) is 28.5 Å². The van der Waals surface area contributed by atoms with E-state index in [1.807, 2.05) is 24.9 Å². The van der Waals surface area contributed by atoms with Crippen LogP contribution in [0.3, 0.4) is 0 Å². The Balaban J connectivity index is 1.39. The molecular formula is C24H28FN7O2. The number of nitrogens with one attached hydrogen (secondary N) is 1. The largest absolute Gasteiger partial charge is 0.507 e. The summed E-state index contributed by atoms with van der Waals surface area (Å²) in [4.78, 5) is 14.1. The fourth-order valence-corrected chi connectivity index (χ4v) is 5.18. The number of phenols is 1. The monoisotopic (exact) mass is 465 g/mol. The summed E-state index contributed by atoms with van der Waals surface area (Å²) in [7, 11) is 3.36. The molecule has 4 heterocycles. The quantitative estimate of drug-likeness (QED) is 0.588. The zero-order valence-electron chi connectivity index (χ0n) is 19.7. The second-order valence-corrected chi connectivity index (χ2v) is 9.69. The Labute approximate surface area is 197 Å². The first-order chi connectivity index (χ1) is 16.2. The van der Waals surface area contributed by atoms with E-state index in [4.69, 9.17) is 4.74 Å². The normalized spacial score (nSPS) is 28.0. The molecule has 6 rings (SSSR count). The van der Waals surface area contributed by atoms with E-state index in [1.165, 1.54) is 13.4 Å². The molecule has 0 radical (unpaired) electrons. The van der Waals surface area contributed by atoms with E-state index in [2.05, 4.69) is 37.4 Å². The van der Waals surface area contributed by atoms with Crippen LogP contribution >= 0.6 is 0 Å². The lowest BCUT2D eigenvalue weighted by Crippen LogP contribution is -2.74. The molecule has 2 N–H and O–H groups in total. The Morgan fingerprint density at radius 2 is 1.97 bits per heavy atom. The number of anilines is 1. The van der Waals surface area contributed by atoms with Crippen LogP contribution in [0.4, 0.5) is 10.2 Å². The van der Waals surface area contributed by atoms with Crippen molar-refractivity contribution in [1.82, 2.24) is 30.5 Å². The van der Waals surface area contributed by atoms with Crippen LogP contribution in [0.25, 0.3) is 22.6 Å². The number of ether oxygens (including phenoxy) is 1. The first kappa shape index (κ1) is 22.4. The highest BCUT2D eigenvalue weighted by atomic mass is 19.1. The molecule has 178 valence electrons. The zero-order valence-corrected chi connectivity index (χ0v) is 19.7. The van der Waals surface area contributed by atoms with Crippen LogP contribution < -0.4 is 15.0 Å². The number of aromatic hydroxyl groups is 1. The number of fused-ring (bicyclic) bond motifs is 3. The minimum atomic E-state index is -1.02. The van der Waals surface area contributed by atoms with Gasteiger partial charge in [-0.15, -0.1) is 10.2 Å². The highest BCUT2D eigenvalue weighted by molar-refractivity contribution is 5.72. The van der Waals surface area contributed by atoms with Gasteiger partial charge in [-0.25, -0.2) is 9.37 Å². The molecule has 1 aromatic carbocycles. The maximum absolute atomic E-state index is 15.5. The molecule has 2 saturated heterocycles. The van der Waals surface area contributed by atoms with E-state index in [-0.39, 0.29) is 23.2 Å². The number of phenolic OH excluding ortho intramolecular Hbond substituents is 1. The summed E-state index contributed by atoms with van der Waals surface area (Å²) in [6, 6.07) is 8.59. The maximum Gasteiger partial charge on any atom is 0.319 e. The van der Waals surface area contributed by atoms with E-state index in [1.54, 1.807) is 24.3 Å². The Bertz CT molecular complexity index is 1200. The van der Waals surface area contributed by atoms with Crippen molar-refractivity contribution in [2.45, 2.75) is 44.4 Å². The van der Waals surface area contributed by atoms with Crippen molar-refractivity contribution in [2.24, 2.45) is 5.41 Å². The molecule has 2 bridgehead atoms. The second-order valence-electron chi connectivity index (χ2n) is 9.69. The van der Waals surface area contributed by atoms with Gasteiger partial charge in [-0.3, -0.25) is 0 Å². The number of hydrogen-bond acceptors (Lipinski definition) is 9. The second kappa shape index (κ2) is 8.12. The van der Waals surface area contributed by atoms with Gasteiger partial charge < -0.3 is 20.1 Å². The van der Waals surface area contributed by atoms with Crippen molar-refractivity contribution in [1.29, 1.82) is 0 Å². The summed E-state index contributed by atoms with van der Waals surface area (Å²) in [6.45, 7) is 4.87. The molecule has 1 aliphatic carbocycles. The molecule has 1 saturated carbocycles. The van der Waals surface area contributed by atoms with Gasteiger partial charge >= 0.3 is 6.01 Å². The fourth-order valence-electron chi connectivity index (χ4n) is 5.18. The van der Waals surface area contributed by atoms with Gasteiger partial charge in [0, 0.05) is 35.7 Å². The minimum Gasteiger partial charge on any atom is -0.507 e. The molecule has 34 heavy (non-hydrogen) atoms. The van der Waals surface area contributed by atoms with Crippen LogP contribution in [0.15, 0.2) is 36.7 Å². The number of methoxy groups -OCH3 is 1. The summed E-state index contributed by atoms with van der Waals surface area (Å²) >= 11 is 0. The van der Waals surface area contributed by atoms with Crippen molar-refractivity contribution in [2.75, 3.05) is 25.6 Å². The molecule has 3 fully saturated rings. The van der Waals surface area contributed by atoms with E-state index < -0.39 is 11.7 Å². The summed E-state index contributed by atoms with van der Waals surface area (Å²) in [5, 5.41) is 22.7. The fraction of sp³-hybridized carbons (Fsp3) is 0.458. The third kappa shape index (κ3) is 3.62. The van der Waals surface area contributed by atoms with Gasteiger partial charge in [-0.1, -0.05) is 13.0 Å². The van der Waals surface area contributed by atoms with Crippen molar-refractivity contribution in [3.05, 3.63) is 36.7 Å². The Morgan fingerprint density at radius 3 is 2.62 bits per heavy atom. The third-order valence-electron chi connectivity index (χ3n) is 7.40. The lowest BCUT2D eigenvalue weighted by molar-refractivity contribution is -0.0411. The van der Waals surface area contributed by atoms with Gasteiger partial charge in [-0.05, 0) is 44.0 Å². The van der Waals surface area contributed by atoms with Gasteiger partial charge in [0.15, 0.2) is 11.6 Å². The van der Waals surface area contributed by atoms with Crippen molar-refractivity contribution < 1.29 is 14.2 Å². The van der Waals surface area contributed by atoms with Crippen LogP contribution in [0.1, 0.15) is 26.7 Å². The molecule has 2 aromatic heterocycles. The Morgan fingerprint density at radius 1 is 1.15 bits per heavy atom. The minimum absolute atomic E-state index is 0.0206. The number of halogens is 1. The van der Waals surface area contributed by atoms with Gasteiger partial charge in [0.25, 0.3) is 0 Å². The van der Waals surface area contributed by atoms with E-state index in [9.17, 15) is 5.11 Å². The van der Waals surface area contributed by atoms with Gasteiger partial charge in [-0.2, -0.15) is 9.97 Å². The zero-order chi connectivity index (χ0) is 24.1. The predicted octanol–water partition coefficient (Wildman–Crippen LogP) is 3.01. The number of rotatable bonds is 5. The van der Waals surface area contributed by atoms with Crippen molar-refractivity contribution in [3.63, 3.8) is 0 Å². The Kier molecular flexibility index (Phi) is 5.35. The highest BCUT2D eigenvalue weighted by Gasteiger charge is 2.58. The molecule has 2 aliphatic heterocycles. The molecule has 3 aliphatic rings. The lowest BCUT2D eigenvalue weighted by Gasteiger charge is -2.60. The number of nitrogens with zero attached hydrogens (tertiary/aromatic N) is 6. The topological polar surface area (TPSA) is 109 Å². The molecular weight excluding hydrogens is 437 g/mol. The standard InChI is InChI=1S/C24H28FN7O2/c1-23-9-10-24(2,28-12-23)19(25)20(23)32(3)18-8-7-16(30-31-18)15-6-5-14(11-17(15)33)21-26-13-27-22(29-21)34-4/h5-8,11,13,19-20,28,33H,9-10,12H2,1-4H3/t19-,20+,23+,24+/m1/s1. The summed E-state index contributed by atoms with van der Waals surface area (Å²) in [5.41, 5.74) is 0.951. The van der Waals surface area contributed by atoms with Crippen LogP contribution in [-0.2, 0) is 0 Å². The van der Waals surface area contributed by atoms with Gasteiger partial charge in [0.2, 0.25) is 0 Å². The average Bonchev–Trinajstić information content (AvgIpc) is 2.85. The van der Waals surface area contributed by atoms with Gasteiger partial charge in [0.05, 0.1) is 18.8 Å². The molecule has 0 spiro atoms. The van der Waals surface area contributed by atoms with Gasteiger partial charge in [0.1, 0.15) is 18.2 Å². The van der Waals surface area contributed by atoms with E-state index in [0.717, 1.165) is 19.4 Å². The highest BCUT2D eigenvalue weighted by Crippen LogP contribution is 2.49. The summed E-state index contributed by atoms with van der Waals surface area (Å²) in [5.74, 6) is 1.00. The number of piperidine rings is 2. The number of benzene rings is 1. The number of alkyl halides is 1. The van der Waals surface area contributed by atoms with Crippen LogP contribution in [-0.4, -0.2) is 68.7 Å². The van der Waals surface area contributed by atoms with E-state index >= 15 is 4.39 Å². The van der Waals surface area contributed by atoms with Crippen molar-refractivity contribution >= 4 is 5.82 Å². The molecule has 4 atom stereocenters. The summed E-state index contributed by atoms with van der Waals surface area (Å²) in [6.07, 6.45) is 2.12. The van der Waals surface area contributed by atoms with Crippen molar-refractivity contribution in [3.8, 4) is 34.4 Å².